The lowest BCUT2D eigenvalue weighted by Gasteiger charge is -2.07. The average molecular weight is 207 g/mol. The summed E-state index contributed by atoms with van der Waals surface area (Å²) in [7, 11) is 2.12. The molecular weight excluding hydrogens is 194 g/mol. The van der Waals surface area contributed by atoms with Crippen LogP contribution in [0.2, 0.25) is 0 Å². The van der Waals surface area contributed by atoms with Crippen molar-refractivity contribution in [3.05, 3.63) is 15.6 Å². The molecule has 0 aliphatic carbocycles. The van der Waals surface area contributed by atoms with E-state index >= 15 is 0 Å². The molecule has 1 aliphatic heterocycles. The molecule has 1 aromatic heterocycles. The van der Waals surface area contributed by atoms with E-state index in [1.807, 2.05) is 6.92 Å². The van der Waals surface area contributed by atoms with E-state index in [9.17, 15) is 0 Å². The van der Waals surface area contributed by atoms with Crippen molar-refractivity contribution in [1.29, 1.82) is 5.26 Å². The Hall–Kier alpha value is -0.920. The second-order valence-electron chi connectivity index (χ2n) is 3.81. The first-order valence-electron chi connectivity index (χ1n) is 4.76. The van der Waals surface area contributed by atoms with Crippen LogP contribution in [0.15, 0.2) is 0 Å². The third-order valence-electron chi connectivity index (χ3n) is 2.64. The first-order chi connectivity index (χ1) is 6.70. The topological polar surface area (TPSA) is 39.9 Å². The Morgan fingerprint density at radius 1 is 1.64 bits per heavy atom. The zero-order chi connectivity index (χ0) is 10.1. The fourth-order valence-corrected chi connectivity index (χ4v) is 2.76. The molecule has 1 fully saturated rings. The van der Waals surface area contributed by atoms with Crippen LogP contribution in [-0.2, 0) is 0 Å². The minimum absolute atomic E-state index is 0.472. The molecule has 0 radical (unpaired) electrons. The van der Waals surface area contributed by atoms with Gasteiger partial charge in [0.05, 0.1) is 10.7 Å². The van der Waals surface area contributed by atoms with Gasteiger partial charge in [-0.3, -0.25) is 0 Å². The number of nitriles is 1. The number of thiazole rings is 1. The van der Waals surface area contributed by atoms with E-state index < -0.39 is 0 Å². The van der Waals surface area contributed by atoms with Crippen molar-refractivity contribution in [1.82, 2.24) is 9.88 Å². The third-order valence-corrected chi connectivity index (χ3v) is 3.53. The minimum atomic E-state index is 0.472. The molecule has 1 saturated heterocycles. The van der Waals surface area contributed by atoms with Gasteiger partial charge in [0.15, 0.2) is 0 Å². The molecule has 0 saturated carbocycles. The molecule has 0 bridgehead atoms. The van der Waals surface area contributed by atoms with Gasteiger partial charge >= 0.3 is 0 Å². The number of likely N-dealkylation sites (tertiary alicyclic amines) is 1. The van der Waals surface area contributed by atoms with Crippen molar-refractivity contribution in [2.75, 3.05) is 20.1 Å². The van der Waals surface area contributed by atoms with Crippen LogP contribution in [0.3, 0.4) is 0 Å². The molecule has 0 N–H and O–H groups in total. The maximum Gasteiger partial charge on any atom is 0.128 e. The molecule has 4 heteroatoms. The Morgan fingerprint density at radius 2 is 2.43 bits per heavy atom. The summed E-state index contributed by atoms with van der Waals surface area (Å²) in [5.74, 6) is 0.472. The van der Waals surface area contributed by atoms with Crippen molar-refractivity contribution < 1.29 is 0 Å². The number of nitrogens with zero attached hydrogens (tertiary/aromatic N) is 3. The summed E-state index contributed by atoms with van der Waals surface area (Å²) >= 11 is 1.51. The molecular formula is C10H13N3S. The largest absolute Gasteiger partial charge is 0.306 e. The maximum absolute atomic E-state index is 8.96. The zero-order valence-corrected chi connectivity index (χ0v) is 9.27. The van der Waals surface area contributed by atoms with Gasteiger partial charge in [-0.25, -0.2) is 4.98 Å². The molecule has 0 amide bonds. The van der Waals surface area contributed by atoms with Gasteiger partial charge in [-0.2, -0.15) is 5.26 Å². The SMILES string of the molecule is Cc1nc(C2CCN(C)C2)c(C#N)s1. The quantitative estimate of drug-likeness (QED) is 0.704. The lowest BCUT2D eigenvalue weighted by molar-refractivity contribution is 0.411. The number of aromatic nitrogens is 1. The highest BCUT2D eigenvalue weighted by molar-refractivity contribution is 7.12. The van der Waals surface area contributed by atoms with Crippen molar-refractivity contribution in [3.8, 4) is 6.07 Å². The van der Waals surface area contributed by atoms with E-state index in [2.05, 4.69) is 23.0 Å². The van der Waals surface area contributed by atoms with Crippen LogP contribution in [0.4, 0.5) is 0 Å². The van der Waals surface area contributed by atoms with Crippen LogP contribution >= 0.6 is 11.3 Å². The molecule has 2 rings (SSSR count). The Labute approximate surface area is 88.0 Å². The number of likely N-dealkylation sites (N-methyl/N-ethyl adjacent to an activating group) is 1. The van der Waals surface area contributed by atoms with Crippen molar-refractivity contribution in [3.63, 3.8) is 0 Å². The van der Waals surface area contributed by atoms with E-state index in [0.29, 0.717) is 5.92 Å². The summed E-state index contributed by atoms with van der Waals surface area (Å²) in [6, 6.07) is 2.25. The zero-order valence-electron chi connectivity index (χ0n) is 8.45. The van der Waals surface area contributed by atoms with Gasteiger partial charge in [-0.05, 0) is 26.9 Å². The first-order valence-corrected chi connectivity index (χ1v) is 5.58. The van der Waals surface area contributed by atoms with Gasteiger partial charge < -0.3 is 4.90 Å². The Bertz CT molecular complexity index is 377. The number of aryl methyl sites for hydroxylation is 1. The van der Waals surface area contributed by atoms with E-state index in [1.165, 1.54) is 11.3 Å². The Balaban J connectivity index is 2.28. The maximum atomic E-state index is 8.96. The summed E-state index contributed by atoms with van der Waals surface area (Å²) < 4.78 is 0. The van der Waals surface area contributed by atoms with Crippen LogP contribution < -0.4 is 0 Å². The molecule has 0 spiro atoms. The summed E-state index contributed by atoms with van der Waals surface area (Å²) in [4.78, 5) is 7.57. The molecule has 3 nitrogen and oxygen atoms in total. The van der Waals surface area contributed by atoms with Crippen LogP contribution in [0.25, 0.3) is 0 Å². The standard InChI is InChI=1S/C10H13N3S/c1-7-12-10(9(5-11)14-7)8-3-4-13(2)6-8/h8H,3-4,6H2,1-2H3. The van der Waals surface area contributed by atoms with Gasteiger partial charge in [0.2, 0.25) is 0 Å². The van der Waals surface area contributed by atoms with Gasteiger partial charge in [0, 0.05) is 12.5 Å². The summed E-state index contributed by atoms with van der Waals surface area (Å²) in [5, 5.41) is 9.97. The van der Waals surface area contributed by atoms with Crippen molar-refractivity contribution >= 4 is 11.3 Å². The fourth-order valence-electron chi connectivity index (χ4n) is 1.96. The lowest BCUT2D eigenvalue weighted by atomic mass is 10.0. The van der Waals surface area contributed by atoms with Gasteiger partial charge in [0.1, 0.15) is 10.9 Å². The van der Waals surface area contributed by atoms with Crippen molar-refractivity contribution in [2.24, 2.45) is 0 Å². The lowest BCUT2D eigenvalue weighted by Crippen LogP contribution is -2.13. The van der Waals surface area contributed by atoms with Crippen LogP contribution in [-0.4, -0.2) is 30.0 Å². The van der Waals surface area contributed by atoms with Gasteiger partial charge in [-0.15, -0.1) is 11.3 Å². The molecule has 1 unspecified atom stereocenters. The normalized spacial score (nSPS) is 22.5. The predicted molar refractivity (Wildman–Crippen MR) is 56.4 cm³/mol. The number of hydrogen-bond donors (Lipinski definition) is 0. The first kappa shape index (κ1) is 9.63. The highest BCUT2D eigenvalue weighted by Gasteiger charge is 2.26. The molecule has 1 atom stereocenters. The second kappa shape index (κ2) is 3.68. The molecule has 2 heterocycles. The molecule has 14 heavy (non-hydrogen) atoms. The smallest absolute Gasteiger partial charge is 0.128 e. The van der Waals surface area contributed by atoms with Crippen LogP contribution in [0.5, 0.6) is 0 Å². The highest BCUT2D eigenvalue weighted by atomic mass is 32.1. The van der Waals surface area contributed by atoms with Crippen LogP contribution in [0, 0.1) is 18.3 Å². The minimum Gasteiger partial charge on any atom is -0.306 e. The van der Waals surface area contributed by atoms with E-state index in [1.54, 1.807) is 0 Å². The third kappa shape index (κ3) is 1.66. The second-order valence-corrected chi connectivity index (χ2v) is 5.01. The molecule has 1 aliphatic rings. The van der Waals surface area contributed by atoms with Crippen LogP contribution in [0.1, 0.15) is 27.9 Å². The fraction of sp³-hybridized carbons (Fsp3) is 0.600. The molecule has 74 valence electrons. The Morgan fingerprint density at radius 3 is 3.00 bits per heavy atom. The average Bonchev–Trinajstić information content (AvgIpc) is 2.71. The van der Waals surface area contributed by atoms with Gasteiger partial charge in [-0.1, -0.05) is 0 Å². The summed E-state index contributed by atoms with van der Waals surface area (Å²) in [5.41, 5.74) is 1.03. The van der Waals surface area contributed by atoms with Gasteiger partial charge in [0.25, 0.3) is 0 Å². The Kier molecular flexibility index (Phi) is 2.53. The summed E-state index contributed by atoms with van der Waals surface area (Å²) in [6.45, 7) is 4.12. The number of hydrogen-bond acceptors (Lipinski definition) is 4. The van der Waals surface area contributed by atoms with Crippen molar-refractivity contribution in [2.45, 2.75) is 19.3 Å². The van der Waals surface area contributed by atoms with E-state index in [-0.39, 0.29) is 0 Å². The monoisotopic (exact) mass is 207 g/mol. The number of rotatable bonds is 1. The molecule has 1 aromatic rings. The van der Waals surface area contributed by atoms with E-state index in [4.69, 9.17) is 5.26 Å². The molecule has 0 aromatic carbocycles. The predicted octanol–water partition coefficient (Wildman–Crippen LogP) is 1.74. The van der Waals surface area contributed by atoms with E-state index in [0.717, 1.165) is 35.1 Å². The highest BCUT2D eigenvalue weighted by Crippen LogP contribution is 2.30. The summed E-state index contributed by atoms with van der Waals surface area (Å²) in [6.07, 6.45) is 1.13.